The molecule has 2 rings (SSSR count). The van der Waals surface area contributed by atoms with Gasteiger partial charge in [-0.05, 0) is 50.1 Å². The van der Waals surface area contributed by atoms with E-state index in [0.29, 0.717) is 24.8 Å². The summed E-state index contributed by atoms with van der Waals surface area (Å²) in [6.07, 6.45) is 3.73. The number of hydrogen-bond donors (Lipinski definition) is 2. The van der Waals surface area contributed by atoms with Crippen LogP contribution in [0.5, 0.6) is 0 Å². The van der Waals surface area contributed by atoms with Gasteiger partial charge in [0.15, 0.2) is 5.78 Å². The van der Waals surface area contributed by atoms with Gasteiger partial charge in [0, 0.05) is 36.7 Å². The molecule has 7 nitrogen and oxygen atoms in total. The van der Waals surface area contributed by atoms with Crippen molar-refractivity contribution < 1.29 is 14.7 Å². The minimum atomic E-state index is -0.503. The number of Topliss-reactive ketones (excluding diaryl/α,β-unsaturated/α-hetero) is 1. The van der Waals surface area contributed by atoms with E-state index in [-0.39, 0.29) is 29.3 Å². The lowest BCUT2D eigenvalue weighted by Gasteiger charge is -2.33. The fraction of sp³-hybridized carbons (Fsp3) is 0.667. The number of carbonyl (C=O) groups is 2. The van der Waals surface area contributed by atoms with E-state index in [4.69, 9.17) is 22.4 Å². The van der Waals surface area contributed by atoms with E-state index in [0.717, 1.165) is 36.9 Å². The number of aliphatic hydroxyl groups excluding tert-OH is 1. The number of halogens is 1. The number of amides is 1. The molecular formula is C18H27ClN4O3. The molecule has 1 aromatic rings. The Bertz CT molecular complexity index is 637. The molecule has 1 aliphatic rings. The van der Waals surface area contributed by atoms with E-state index < -0.39 is 6.61 Å². The zero-order chi connectivity index (χ0) is 19.3. The van der Waals surface area contributed by atoms with Gasteiger partial charge in [-0.2, -0.15) is 0 Å². The molecule has 1 aliphatic heterocycles. The number of aryl methyl sites for hydroxylation is 1. The Kier molecular flexibility index (Phi) is 7.34. The number of piperidine rings is 1. The lowest BCUT2D eigenvalue weighted by molar-refractivity contribution is -0.139. The highest BCUT2D eigenvalue weighted by Gasteiger charge is 2.27. The molecule has 144 valence electrons. The normalized spacial score (nSPS) is 16.5. The number of nitrogen functional groups attached to an aromatic ring is 1. The SMILES string of the molecule is Cc1nc(Cl)nc(N)c1CCC1CCN(C(=O)[C@H](C)CC(=O)CO)CC1. The van der Waals surface area contributed by atoms with Gasteiger partial charge in [0.25, 0.3) is 0 Å². The number of likely N-dealkylation sites (tertiary alicyclic amines) is 1. The first kappa shape index (κ1) is 20.6. The van der Waals surface area contributed by atoms with Crippen molar-refractivity contribution in [1.82, 2.24) is 14.9 Å². The first-order valence-corrected chi connectivity index (χ1v) is 9.39. The van der Waals surface area contributed by atoms with Crippen LogP contribution in [0, 0.1) is 18.8 Å². The fourth-order valence-corrected chi connectivity index (χ4v) is 3.71. The molecule has 0 spiro atoms. The van der Waals surface area contributed by atoms with Crippen molar-refractivity contribution in [3.05, 3.63) is 16.5 Å². The summed E-state index contributed by atoms with van der Waals surface area (Å²) in [4.78, 5) is 33.7. The van der Waals surface area contributed by atoms with Crippen molar-refractivity contribution in [3.8, 4) is 0 Å². The van der Waals surface area contributed by atoms with Crippen molar-refractivity contribution in [1.29, 1.82) is 0 Å². The molecule has 1 atom stereocenters. The van der Waals surface area contributed by atoms with Crippen LogP contribution in [-0.4, -0.2) is 51.4 Å². The summed E-state index contributed by atoms with van der Waals surface area (Å²) >= 11 is 5.81. The predicted molar refractivity (Wildman–Crippen MR) is 99.7 cm³/mol. The number of anilines is 1. The molecule has 8 heteroatoms. The van der Waals surface area contributed by atoms with Gasteiger partial charge in [-0.25, -0.2) is 9.97 Å². The molecule has 1 fully saturated rings. The van der Waals surface area contributed by atoms with Crippen molar-refractivity contribution in [2.45, 2.75) is 46.0 Å². The van der Waals surface area contributed by atoms with Gasteiger partial charge in [0.05, 0.1) is 0 Å². The van der Waals surface area contributed by atoms with Crippen LogP contribution in [0.1, 0.15) is 43.9 Å². The smallest absolute Gasteiger partial charge is 0.225 e. The number of aliphatic hydroxyl groups is 1. The van der Waals surface area contributed by atoms with Crippen LogP contribution in [0.2, 0.25) is 5.28 Å². The average Bonchev–Trinajstić information content (AvgIpc) is 2.60. The van der Waals surface area contributed by atoms with Gasteiger partial charge in [0.2, 0.25) is 11.2 Å². The Labute approximate surface area is 158 Å². The predicted octanol–water partition coefficient (Wildman–Crippen LogP) is 1.78. The van der Waals surface area contributed by atoms with E-state index in [1.165, 1.54) is 0 Å². The largest absolute Gasteiger partial charge is 0.389 e. The maximum Gasteiger partial charge on any atom is 0.225 e. The molecule has 26 heavy (non-hydrogen) atoms. The summed E-state index contributed by atoms with van der Waals surface area (Å²) in [5.74, 6) is 0.288. The van der Waals surface area contributed by atoms with E-state index in [2.05, 4.69) is 9.97 Å². The topological polar surface area (TPSA) is 109 Å². The molecule has 1 amide bonds. The number of ketones is 1. The standard InChI is InChI=1S/C18H27ClN4O3/c1-11(9-14(25)10-24)17(26)23-7-5-13(6-8-23)3-4-15-12(2)21-18(19)22-16(15)20/h11,13,24H,3-10H2,1-2H3,(H2,20,21,22)/t11-/m1/s1. The van der Waals surface area contributed by atoms with Gasteiger partial charge in [-0.3, -0.25) is 9.59 Å². The molecular weight excluding hydrogens is 356 g/mol. The summed E-state index contributed by atoms with van der Waals surface area (Å²) in [7, 11) is 0. The Balaban J connectivity index is 1.82. The van der Waals surface area contributed by atoms with Crippen molar-refractivity contribution >= 4 is 29.1 Å². The highest BCUT2D eigenvalue weighted by molar-refractivity contribution is 6.28. The van der Waals surface area contributed by atoms with Crippen LogP contribution in [0.3, 0.4) is 0 Å². The van der Waals surface area contributed by atoms with Crippen LogP contribution in [0.15, 0.2) is 0 Å². The molecule has 0 aliphatic carbocycles. The first-order chi connectivity index (χ1) is 12.3. The van der Waals surface area contributed by atoms with Gasteiger partial charge >= 0.3 is 0 Å². The number of carbonyl (C=O) groups excluding carboxylic acids is 2. The van der Waals surface area contributed by atoms with E-state index in [1.807, 2.05) is 11.8 Å². The molecule has 0 bridgehead atoms. The third-order valence-corrected chi connectivity index (χ3v) is 5.25. The first-order valence-electron chi connectivity index (χ1n) is 9.01. The molecule has 0 unspecified atom stereocenters. The van der Waals surface area contributed by atoms with Crippen molar-refractivity contribution in [3.63, 3.8) is 0 Å². The molecule has 3 N–H and O–H groups in total. The second-order valence-corrected chi connectivity index (χ2v) is 7.39. The molecule has 0 saturated carbocycles. The highest BCUT2D eigenvalue weighted by atomic mass is 35.5. The van der Waals surface area contributed by atoms with E-state index in [1.54, 1.807) is 6.92 Å². The zero-order valence-corrected chi connectivity index (χ0v) is 16.1. The van der Waals surface area contributed by atoms with E-state index in [9.17, 15) is 9.59 Å². The Morgan fingerprint density at radius 1 is 1.35 bits per heavy atom. The molecule has 1 aromatic heterocycles. The number of rotatable bonds is 7. The van der Waals surface area contributed by atoms with Crippen LogP contribution >= 0.6 is 11.6 Å². The Morgan fingerprint density at radius 2 is 2.00 bits per heavy atom. The maximum atomic E-state index is 12.4. The van der Waals surface area contributed by atoms with Crippen LogP contribution in [-0.2, 0) is 16.0 Å². The van der Waals surface area contributed by atoms with Gasteiger partial charge in [-0.1, -0.05) is 6.92 Å². The average molecular weight is 383 g/mol. The van der Waals surface area contributed by atoms with Crippen molar-refractivity contribution in [2.24, 2.45) is 11.8 Å². The van der Waals surface area contributed by atoms with Crippen LogP contribution in [0.4, 0.5) is 5.82 Å². The van der Waals surface area contributed by atoms with Gasteiger partial charge in [-0.15, -0.1) is 0 Å². The monoisotopic (exact) mass is 382 g/mol. The lowest BCUT2D eigenvalue weighted by atomic mass is 9.89. The second kappa shape index (κ2) is 9.28. The summed E-state index contributed by atoms with van der Waals surface area (Å²) in [5.41, 5.74) is 7.72. The van der Waals surface area contributed by atoms with Crippen LogP contribution in [0.25, 0.3) is 0 Å². The fourth-order valence-electron chi connectivity index (χ4n) is 3.49. The zero-order valence-electron chi connectivity index (χ0n) is 15.4. The number of aromatic nitrogens is 2. The molecule has 2 heterocycles. The summed E-state index contributed by atoms with van der Waals surface area (Å²) < 4.78 is 0. The minimum Gasteiger partial charge on any atom is -0.389 e. The lowest BCUT2D eigenvalue weighted by Crippen LogP contribution is -2.41. The van der Waals surface area contributed by atoms with Gasteiger partial charge in [0.1, 0.15) is 12.4 Å². The maximum absolute atomic E-state index is 12.4. The summed E-state index contributed by atoms with van der Waals surface area (Å²) in [6.45, 7) is 4.53. The molecule has 0 aromatic carbocycles. The molecule has 0 radical (unpaired) electrons. The number of nitrogens with zero attached hydrogens (tertiary/aromatic N) is 3. The quantitative estimate of drug-likeness (QED) is 0.695. The van der Waals surface area contributed by atoms with Gasteiger partial charge < -0.3 is 15.7 Å². The Morgan fingerprint density at radius 3 is 2.58 bits per heavy atom. The third-order valence-electron chi connectivity index (χ3n) is 5.08. The minimum absolute atomic E-state index is 0.00330. The number of hydrogen-bond acceptors (Lipinski definition) is 6. The third kappa shape index (κ3) is 5.38. The summed E-state index contributed by atoms with van der Waals surface area (Å²) in [5, 5.41) is 8.99. The van der Waals surface area contributed by atoms with Crippen LogP contribution < -0.4 is 5.73 Å². The second-order valence-electron chi connectivity index (χ2n) is 7.05. The summed E-state index contributed by atoms with van der Waals surface area (Å²) in [6, 6.07) is 0. The molecule has 1 saturated heterocycles. The van der Waals surface area contributed by atoms with E-state index >= 15 is 0 Å². The van der Waals surface area contributed by atoms with Crippen molar-refractivity contribution in [2.75, 3.05) is 25.4 Å². The highest BCUT2D eigenvalue weighted by Crippen LogP contribution is 2.26. The number of nitrogens with two attached hydrogens (primary N) is 1. The Hall–Kier alpha value is -1.73.